The molecule has 2 aromatic carbocycles. The van der Waals surface area contributed by atoms with Gasteiger partial charge >= 0.3 is 6.01 Å². The summed E-state index contributed by atoms with van der Waals surface area (Å²) >= 11 is 5.81. The molecule has 1 heterocycles. The minimum atomic E-state index is -3.24. The van der Waals surface area contributed by atoms with E-state index in [9.17, 15) is 13.2 Å². The van der Waals surface area contributed by atoms with Gasteiger partial charge in [-0.1, -0.05) is 41.0 Å². The minimum Gasteiger partial charge on any atom is -0.407 e. The summed E-state index contributed by atoms with van der Waals surface area (Å²) in [6.07, 6.45) is 1.63. The maximum atomic E-state index is 12.0. The first kappa shape index (κ1) is 19.1. The second kappa shape index (κ2) is 7.89. The number of carbonyl (C=O) groups excluding carboxylic acids is 1. The van der Waals surface area contributed by atoms with Gasteiger partial charge in [-0.25, -0.2) is 8.42 Å². The van der Waals surface area contributed by atoms with Crippen molar-refractivity contribution in [1.82, 2.24) is 10.2 Å². The third-order valence-electron chi connectivity index (χ3n) is 3.70. The van der Waals surface area contributed by atoms with Gasteiger partial charge < -0.3 is 4.42 Å². The van der Waals surface area contributed by atoms with Crippen LogP contribution in [0, 0.1) is 0 Å². The summed E-state index contributed by atoms with van der Waals surface area (Å²) in [6.45, 7) is 0. The number of nitrogens with one attached hydrogen (secondary N) is 1. The van der Waals surface area contributed by atoms with E-state index in [1.54, 1.807) is 36.4 Å². The van der Waals surface area contributed by atoms with E-state index in [-0.39, 0.29) is 23.2 Å². The standard InChI is InChI=1S/C18H16ClN3O4S/c1-27(24,25)15-8-4-13(5-9-15)11-17-21-22-18(26-17)20-16(23)10-12-2-6-14(19)7-3-12/h2-9H,10-11H2,1H3,(H,20,22,23). The molecule has 1 aromatic heterocycles. The van der Waals surface area contributed by atoms with Crippen LogP contribution in [0.5, 0.6) is 0 Å². The zero-order chi connectivity index (χ0) is 19.4. The normalized spacial score (nSPS) is 11.3. The predicted octanol–water partition coefficient (Wildman–Crippen LogP) is 2.90. The average molecular weight is 406 g/mol. The van der Waals surface area contributed by atoms with Gasteiger partial charge in [-0.05, 0) is 35.4 Å². The van der Waals surface area contributed by atoms with Crippen molar-refractivity contribution in [3.63, 3.8) is 0 Å². The third kappa shape index (κ3) is 5.38. The number of carbonyl (C=O) groups is 1. The molecule has 0 radical (unpaired) electrons. The second-order valence-corrected chi connectivity index (χ2v) is 8.40. The third-order valence-corrected chi connectivity index (χ3v) is 5.08. The molecule has 3 aromatic rings. The number of nitrogens with zero attached hydrogens (tertiary/aromatic N) is 2. The highest BCUT2D eigenvalue weighted by Crippen LogP contribution is 2.15. The van der Waals surface area contributed by atoms with Gasteiger partial charge in [0.05, 0.1) is 17.7 Å². The zero-order valence-corrected chi connectivity index (χ0v) is 15.9. The van der Waals surface area contributed by atoms with E-state index in [1.807, 2.05) is 0 Å². The Balaban J connectivity index is 1.59. The van der Waals surface area contributed by atoms with Crippen molar-refractivity contribution < 1.29 is 17.6 Å². The van der Waals surface area contributed by atoms with Crippen LogP contribution in [0.2, 0.25) is 5.02 Å². The molecule has 0 saturated heterocycles. The summed E-state index contributed by atoms with van der Waals surface area (Å²) in [7, 11) is -3.24. The van der Waals surface area contributed by atoms with Crippen molar-refractivity contribution >= 4 is 33.4 Å². The van der Waals surface area contributed by atoms with Gasteiger partial charge in [-0.2, -0.15) is 0 Å². The number of aromatic nitrogens is 2. The van der Waals surface area contributed by atoms with E-state index < -0.39 is 9.84 Å². The molecule has 0 unspecified atom stereocenters. The molecule has 1 N–H and O–H groups in total. The molecule has 0 bridgehead atoms. The van der Waals surface area contributed by atoms with Gasteiger partial charge in [-0.3, -0.25) is 10.1 Å². The molecule has 0 atom stereocenters. The van der Waals surface area contributed by atoms with Gasteiger partial charge in [0.15, 0.2) is 9.84 Å². The summed E-state index contributed by atoms with van der Waals surface area (Å²) in [6, 6.07) is 13.4. The largest absolute Gasteiger partial charge is 0.407 e. The van der Waals surface area contributed by atoms with Crippen molar-refractivity contribution in [2.75, 3.05) is 11.6 Å². The highest BCUT2D eigenvalue weighted by atomic mass is 35.5. The highest BCUT2D eigenvalue weighted by molar-refractivity contribution is 7.90. The van der Waals surface area contributed by atoms with Crippen LogP contribution >= 0.6 is 11.6 Å². The number of sulfone groups is 1. The van der Waals surface area contributed by atoms with Crippen molar-refractivity contribution in [2.24, 2.45) is 0 Å². The number of hydrogen-bond donors (Lipinski definition) is 1. The van der Waals surface area contributed by atoms with Gasteiger partial charge in [-0.15, -0.1) is 5.10 Å². The summed E-state index contributed by atoms with van der Waals surface area (Å²) in [5.41, 5.74) is 1.62. The van der Waals surface area contributed by atoms with Gasteiger partial charge in [0.25, 0.3) is 0 Å². The second-order valence-electron chi connectivity index (χ2n) is 5.95. The Morgan fingerprint density at radius 3 is 2.30 bits per heavy atom. The van der Waals surface area contributed by atoms with Crippen LogP contribution in [0.4, 0.5) is 6.01 Å². The lowest BCUT2D eigenvalue weighted by Crippen LogP contribution is -2.14. The Kier molecular flexibility index (Phi) is 5.57. The number of rotatable bonds is 6. The van der Waals surface area contributed by atoms with Crippen molar-refractivity contribution in [1.29, 1.82) is 0 Å². The van der Waals surface area contributed by atoms with Crippen LogP contribution in [0.3, 0.4) is 0 Å². The van der Waals surface area contributed by atoms with Crippen LogP contribution in [0.1, 0.15) is 17.0 Å². The number of hydrogen-bond acceptors (Lipinski definition) is 6. The fourth-order valence-electron chi connectivity index (χ4n) is 2.36. The number of halogens is 1. The Morgan fingerprint density at radius 1 is 1.04 bits per heavy atom. The Morgan fingerprint density at radius 2 is 1.67 bits per heavy atom. The molecular formula is C18H16ClN3O4S. The van der Waals surface area contributed by atoms with Crippen LogP contribution in [-0.2, 0) is 27.5 Å². The van der Waals surface area contributed by atoms with E-state index in [1.165, 1.54) is 12.1 Å². The van der Waals surface area contributed by atoms with Gasteiger partial charge in [0.1, 0.15) is 0 Å². The van der Waals surface area contributed by atoms with Crippen LogP contribution in [-0.4, -0.2) is 30.8 Å². The first-order chi connectivity index (χ1) is 12.8. The lowest BCUT2D eigenvalue weighted by atomic mass is 10.1. The first-order valence-electron chi connectivity index (χ1n) is 7.95. The van der Waals surface area contributed by atoms with Crippen molar-refractivity contribution in [3.05, 3.63) is 70.6 Å². The van der Waals surface area contributed by atoms with E-state index in [2.05, 4.69) is 15.5 Å². The molecule has 1 amide bonds. The quantitative estimate of drug-likeness (QED) is 0.676. The highest BCUT2D eigenvalue weighted by Gasteiger charge is 2.12. The van der Waals surface area contributed by atoms with Gasteiger partial charge in [0, 0.05) is 11.3 Å². The molecule has 0 aliphatic carbocycles. The lowest BCUT2D eigenvalue weighted by Gasteiger charge is -2.01. The maximum Gasteiger partial charge on any atom is 0.322 e. The molecule has 9 heteroatoms. The minimum absolute atomic E-state index is 0.0109. The number of anilines is 1. The molecule has 0 saturated carbocycles. The van der Waals surface area contributed by atoms with Crippen LogP contribution < -0.4 is 5.32 Å². The predicted molar refractivity (Wildman–Crippen MR) is 100 cm³/mol. The smallest absolute Gasteiger partial charge is 0.322 e. The average Bonchev–Trinajstić information content (AvgIpc) is 3.03. The Hall–Kier alpha value is -2.71. The van der Waals surface area contributed by atoms with Crippen LogP contribution in [0.25, 0.3) is 0 Å². The fourth-order valence-corrected chi connectivity index (χ4v) is 3.11. The Labute approximate surface area is 161 Å². The maximum absolute atomic E-state index is 12.0. The summed E-state index contributed by atoms with van der Waals surface area (Å²) in [5, 5.41) is 10.8. The molecule has 27 heavy (non-hydrogen) atoms. The molecule has 3 rings (SSSR count). The van der Waals surface area contributed by atoms with Crippen LogP contribution in [0.15, 0.2) is 57.8 Å². The first-order valence-corrected chi connectivity index (χ1v) is 10.2. The molecule has 0 fully saturated rings. The zero-order valence-electron chi connectivity index (χ0n) is 14.3. The summed E-state index contributed by atoms with van der Waals surface area (Å²) in [5.74, 6) is 0.0222. The van der Waals surface area contributed by atoms with E-state index in [0.717, 1.165) is 17.4 Å². The van der Waals surface area contributed by atoms with E-state index in [4.69, 9.17) is 16.0 Å². The molecule has 0 aliphatic heterocycles. The van der Waals surface area contributed by atoms with Crippen molar-refractivity contribution in [2.45, 2.75) is 17.7 Å². The molecule has 7 nitrogen and oxygen atoms in total. The topological polar surface area (TPSA) is 102 Å². The molecule has 0 spiro atoms. The Bertz CT molecular complexity index is 1040. The number of amides is 1. The van der Waals surface area contributed by atoms with Gasteiger partial charge in [0.2, 0.25) is 11.8 Å². The van der Waals surface area contributed by atoms with E-state index in [0.29, 0.717) is 17.3 Å². The summed E-state index contributed by atoms with van der Waals surface area (Å²) in [4.78, 5) is 12.3. The monoisotopic (exact) mass is 405 g/mol. The molecular weight excluding hydrogens is 390 g/mol. The molecule has 0 aliphatic rings. The lowest BCUT2D eigenvalue weighted by molar-refractivity contribution is -0.115. The fraction of sp³-hybridized carbons (Fsp3) is 0.167. The molecule has 140 valence electrons. The SMILES string of the molecule is CS(=O)(=O)c1ccc(Cc2nnc(NC(=O)Cc3ccc(Cl)cc3)o2)cc1. The van der Waals surface area contributed by atoms with Crippen molar-refractivity contribution in [3.8, 4) is 0 Å². The van der Waals surface area contributed by atoms with E-state index >= 15 is 0 Å². The number of benzene rings is 2. The summed E-state index contributed by atoms with van der Waals surface area (Å²) < 4.78 is 28.4.